The van der Waals surface area contributed by atoms with Gasteiger partial charge in [0, 0.05) is 52.0 Å². The van der Waals surface area contributed by atoms with Crippen LogP contribution in [0.4, 0.5) is 10.1 Å². The molecule has 1 N–H and O–H groups in total. The van der Waals surface area contributed by atoms with E-state index in [9.17, 15) is 9.59 Å². The first-order valence-electron chi connectivity index (χ1n) is 16.8. The molecular weight excluding hydrogens is 717 g/mol. The quantitative estimate of drug-likeness (QED) is 0.132. The standard InChI is InChI=1S/C39H35BrFN5O5/c1-49-35-23-29-32(24-36(35)50-20-6-19-45-17-3-2-4-18-45)42-16-14-33(29)51-34-13-10-27(22-31(34)41)44-38(47)30-21-25-7-5-15-43-37(25)46(39(30)48)28-11-8-26(40)9-12-28/h5,7-16,21-24H,2-4,6,17-20H2,1H3,(H,44,47). The van der Waals surface area contributed by atoms with E-state index in [2.05, 4.69) is 36.1 Å². The van der Waals surface area contributed by atoms with Gasteiger partial charge < -0.3 is 24.4 Å². The number of nitrogens with zero attached hydrogens (tertiary/aromatic N) is 4. The van der Waals surface area contributed by atoms with Crippen LogP contribution in [0.2, 0.25) is 0 Å². The zero-order valence-corrected chi connectivity index (χ0v) is 29.5. The number of halogens is 2. The molecule has 6 aromatic rings. The fourth-order valence-electron chi connectivity index (χ4n) is 6.26. The maximum atomic E-state index is 15.5. The number of hydrogen-bond acceptors (Lipinski definition) is 8. The molecule has 3 aromatic heterocycles. The maximum Gasteiger partial charge on any atom is 0.269 e. The second-order valence-corrected chi connectivity index (χ2v) is 13.1. The maximum absolute atomic E-state index is 15.5. The van der Waals surface area contributed by atoms with E-state index in [0.717, 1.165) is 36.6 Å². The number of methoxy groups -OCH3 is 1. The number of benzene rings is 3. The first-order chi connectivity index (χ1) is 24.9. The molecule has 12 heteroatoms. The number of pyridine rings is 3. The lowest BCUT2D eigenvalue weighted by molar-refractivity contribution is 0.102. The second kappa shape index (κ2) is 15.3. The Morgan fingerprint density at radius 1 is 0.902 bits per heavy atom. The van der Waals surface area contributed by atoms with Crippen LogP contribution in [-0.2, 0) is 0 Å². The molecule has 0 atom stereocenters. The van der Waals surface area contributed by atoms with Crippen molar-refractivity contribution in [2.75, 3.05) is 38.7 Å². The third-order valence-electron chi connectivity index (χ3n) is 8.81. The van der Waals surface area contributed by atoms with Crippen LogP contribution in [0, 0.1) is 5.82 Å². The largest absolute Gasteiger partial charge is 0.493 e. The number of aromatic nitrogens is 3. The van der Waals surface area contributed by atoms with Gasteiger partial charge in [-0.25, -0.2) is 9.37 Å². The van der Waals surface area contributed by atoms with Crippen molar-refractivity contribution >= 4 is 49.5 Å². The number of fused-ring (bicyclic) bond motifs is 2. The number of amides is 1. The van der Waals surface area contributed by atoms with Crippen LogP contribution in [0.25, 0.3) is 27.6 Å². The Bertz CT molecular complexity index is 2270. The number of anilines is 1. The number of hydrogen-bond donors (Lipinski definition) is 1. The van der Waals surface area contributed by atoms with Crippen LogP contribution in [0.5, 0.6) is 23.0 Å². The summed E-state index contributed by atoms with van der Waals surface area (Å²) in [7, 11) is 1.57. The number of likely N-dealkylation sites (tertiary alicyclic amines) is 1. The van der Waals surface area contributed by atoms with Gasteiger partial charge in [0.25, 0.3) is 11.5 Å². The lowest BCUT2D eigenvalue weighted by atomic mass is 10.1. The monoisotopic (exact) mass is 751 g/mol. The van der Waals surface area contributed by atoms with E-state index in [0.29, 0.717) is 51.5 Å². The number of carbonyl (C=O) groups excluding carboxylic acids is 1. The minimum Gasteiger partial charge on any atom is -0.493 e. The molecule has 260 valence electrons. The van der Waals surface area contributed by atoms with E-state index in [1.54, 1.807) is 74.1 Å². The predicted molar refractivity (Wildman–Crippen MR) is 198 cm³/mol. The summed E-state index contributed by atoms with van der Waals surface area (Å²) >= 11 is 3.41. The Kier molecular flexibility index (Phi) is 10.2. The Balaban J connectivity index is 1.08. The highest BCUT2D eigenvalue weighted by molar-refractivity contribution is 9.10. The second-order valence-electron chi connectivity index (χ2n) is 12.2. The van der Waals surface area contributed by atoms with Crippen LogP contribution in [-0.4, -0.2) is 58.7 Å². The van der Waals surface area contributed by atoms with Gasteiger partial charge in [-0.2, -0.15) is 0 Å². The summed E-state index contributed by atoms with van der Waals surface area (Å²) in [6.45, 7) is 3.82. The summed E-state index contributed by atoms with van der Waals surface area (Å²) in [5, 5.41) is 3.86. The Morgan fingerprint density at radius 3 is 2.51 bits per heavy atom. The summed E-state index contributed by atoms with van der Waals surface area (Å²) < 4.78 is 35.4. The summed E-state index contributed by atoms with van der Waals surface area (Å²) in [6, 6.07) is 21.3. The summed E-state index contributed by atoms with van der Waals surface area (Å²) in [5.41, 5.74) is 1.01. The van der Waals surface area contributed by atoms with Crippen molar-refractivity contribution in [3.63, 3.8) is 0 Å². The number of carbonyl (C=O) groups is 1. The van der Waals surface area contributed by atoms with Gasteiger partial charge in [-0.1, -0.05) is 22.4 Å². The Hall–Kier alpha value is -5.33. The molecule has 1 aliphatic rings. The Labute approximate surface area is 301 Å². The molecule has 0 spiro atoms. The molecule has 10 nitrogen and oxygen atoms in total. The number of ether oxygens (including phenoxy) is 3. The van der Waals surface area contributed by atoms with Crippen molar-refractivity contribution < 1.29 is 23.4 Å². The average Bonchev–Trinajstić information content (AvgIpc) is 3.15. The number of piperidine rings is 1. The molecule has 7 rings (SSSR count). The van der Waals surface area contributed by atoms with E-state index < -0.39 is 17.3 Å². The van der Waals surface area contributed by atoms with Crippen LogP contribution < -0.4 is 25.1 Å². The number of nitrogens with one attached hydrogen (secondary N) is 1. The van der Waals surface area contributed by atoms with Gasteiger partial charge in [-0.15, -0.1) is 0 Å². The average molecular weight is 753 g/mol. The molecule has 0 radical (unpaired) electrons. The van der Waals surface area contributed by atoms with Gasteiger partial charge in [0.05, 0.1) is 24.9 Å². The normalized spacial score (nSPS) is 13.3. The van der Waals surface area contributed by atoms with Gasteiger partial charge in [0.1, 0.15) is 17.0 Å². The molecule has 3 aromatic carbocycles. The molecule has 0 saturated carbocycles. The first kappa shape index (κ1) is 34.1. The SMILES string of the molecule is COc1cc2c(Oc3ccc(NC(=O)c4cc5cccnc5n(-c5ccc(Br)cc5)c4=O)cc3F)ccnc2cc1OCCCN1CCCCC1. The molecule has 1 aliphatic heterocycles. The van der Waals surface area contributed by atoms with Gasteiger partial charge in [-0.3, -0.25) is 19.1 Å². The molecule has 4 heterocycles. The number of rotatable bonds is 11. The zero-order chi connectivity index (χ0) is 35.3. The molecule has 1 fully saturated rings. The molecule has 0 bridgehead atoms. The molecule has 0 aliphatic carbocycles. The van der Waals surface area contributed by atoms with Gasteiger partial charge in [0.15, 0.2) is 23.1 Å². The van der Waals surface area contributed by atoms with E-state index in [1.165, 1.54) is 42.0 Å². The fourth-order valence-corrected chi connectivity index (χ4v) is 6.52. The molecule has 51 heavy (non-hydrogen) atoms. The molecule has 0 unspecified atom stereocenters. The van der Waals surface area contributed by atoms with Crippen LogP contribution in [0.15, 0.2) is 101 Å². The van der Waals surface area contributed by atoms with Crippen molar-refractivity contribution in [2.24, 2.45) is 0 Å². The van der Waals surface area contributed by atoms with Gasteiger partial charge in [-0.05, 0) is 99.1 Å². The first-order valence-corrected chi connectivity index (χ1v) is 17.5. The zero-order valence-electron chi connectivity index (χ0n) is 27.9. The fraction of sp³-hybridized carbons (Fsp3) is 0.231. The van der Waals surface area contributed by atoms with Crippen molar-refractivity contribution in [1.29, 1.82) is 0 Å². The van der Waals surface area contributed by atoms with Crippen molar-refractivity contribution in [3.8, 4) is 28.7 Å². The van der Waals surface area contributed by atoms with Crippen LogP contribution in [0.3, 0.4) is 0 Å². The van der Waals surface area contributed by atoms with Gasteiger partial charge in [0.2, 0.25) is 0 Å². The van der Waals surface area contributed by atoms with Crippen molar-refractivity contribution in [2.45, 2.75) is 25.7 Å². The molecule has 1 saturated heterocycles. The van der Waals surface area contributed by atoms with E-state index >= 15 is 4.39 Å². The third-order valence-corrected chi connectivity index (χ3v) is 9.34. The summed E-state index contributed by atoms with van der Waals surface area (Å²) in [6.07, 6.45) is 7.87. The Morgan fingerprint density at radius 2 is 1.73 bits per heavy atom. The minimum atomic E-state index is -0.714. The van der Waals surface area contributed by atoms with Crippen molar-refractivity contribution in [1.82, 2.24) is 19.4 Å². The molecule has 1 amide bonds. The molecular formula is C39H35BrFN5O5. The topological polar surface area (TPSA) is 108 Å². The highest BCUT2D eigenvalue weighted by atomic mass is 79.9. The van der Waals surface area contributed by atoms with E-state index in [1.807, 2.05) is 0 Å². The summed E-state index contributed by atoms with van der Waals surface area (Å²) in [4.78, 5) is 38.4. The summed E-state index contributed by atoms with van der Waals surface area (Å²) in [5.74, 6) is -0.0167. The minimum absolute atomic E-state index is 0.0631. The lowest BCUT2D eigenvalue weighted by Gasteiger charge is -2.26. The third kappa shape index (κ3) is 7.57. The highest BCUT2D eigenvalue weighted by Gasteiger charge is 2.19. The lowest BCUT2D eigenvalue weighted by Crippen LogP contribution is -2.31. The van der Waals surface area contributed by atoms with E-state index in [-0.39, 0.29) is 17.0 Å². The van der Waals surface area contributed by atoms with Crippen LogP contribution in [0.1, 0.15) is 36.0 Å². The predicted octanol–water partition coefficient (Wildman–Crippen LogP) is 8.14. The van der Waals surface area contributed by atoms with Crippen molar-refractivity contribution in [3.05, 3.63) is 117 Å². The van der Waals surface area contributed by atoms with Gasteiger partial charge >= 0.3 is 0 Å². The highest BCUT2D eigenvalue weighted by Crippen LogP contribution is 2.38. The smallest absolute Gasteiger partial charge is 0.269 e. The van der Waals surface area contributed by atoms with Crippen LogP contribution >= 0.6 is 15.9 Å². The van der Waals surface area contributed by atoms with E-state index in [4.69, 9.17) is 14.2 Å².